The molecule has 168 valence electrons. The van der Waals surface area contributed by atoms with Gasteiger partial charge in [-0.1, -0.05) is 26.0 Å². The Balaban J connectivity index is 1.99. The molecule has 3 aromatic rings. The van der Waals surface area contributed by atoms with Crippen molar-refractivity contribution in [2.24, 2.45) is 5.41 Å². The predicted octanol–water partition coefficient (Wildman–Crippen LogP) is 4.91. The maximum Gasteiger partial charge on any atom is 0.335 e. The fraction of sp³-hybridized carbons (Fsp3) is 0.385. The molecule has 1 unspecified atom stereocenters. The zero-order valence-corrected chi connectivity index (χ0v) is 19.2. The summed E-state index contributed by atoms with van der Waals surface area (Å²) in [6.45, 7) is 7.03. The third kappa shape index (κ3) is 3.48. The second-order valence-corrected chi connectivity index (χ2v) is 9.58. The molecule has 6 heteroatoms. The number of carboxylic acids is 1. The van der Waals surface area contributed by atoms with Gasteiger partial charge >= 0.3 is 5.97 Å². The zero-order valence-electron chi connectivity index (χ0n) is 19.2. The smallest absolute Gasteiger partial charge is 0.335 e. The van der Waals surface area contributed by atoms with Crippen LogP contribution in [0.3, 0.4) is 0 Å². The quantitative estimate of drug-likeness (QED) is 0.595. The van der Waals surface area contributed by atoms with Crippen molar-refractivity contribution in [1.82, 2.24) is 4.57 Å². The number of hydrogen-bond donors (Lipinski definition) is 1. The SMILES string of the molecule is COCC1(C)CC(C)(C)c2c(n(Cc3ccc(OC)cc3)c3ccc(C(=O)O)cc23)C1=O. The molecule has 1 heterocycles. The molecular weight excluding hydrogens is 406 g/mol. The van der Waals surface area contributed by atoms with Crippen molar-refractivity contribution in [3.63, 3.8) is 0 Å². The van der Waals surface area contributed by atoms with Crippen LogP contribution in [0.5, 0.6) is 5.75 Å². The molecule has 32 heavy (non-hydrogen) atoms. The van der Waals surface area contributed by atoms with Gasteiger partial charge in [-0.15, -0.1) is 0 Å². The van der Waals surface area contributed by atoms with Crippen LogP contribution in [0.1, 0.15) is 59.2 Å². The number of carbonyl (C=O) groups excluding carboxylic acids is 1. The van der Waals surface area contributed by atoms with Gasteiger partial charge in [0.15, 0.2) is 5.78 Å². The lowest BCUT2D eigenvalue weighted by molar-refractivity contribution is 0.0434. The number of aromatic nitrogens is 1. The van der Waals surface area contributed by atoms with Gasteiger partial charge in [0.05, 0.1) is 30.4 Å². The number of fused-ring (bicyclic) bond motifs is 3. The Hall–Kier alpha value is -3.12. The lowest BCUT2D eigenvalue weighted by Gasteiger charge is -2.41. The number of ether oxygens (including phenoxy) is 2. The van der Waals surface area contributed by atoms with Gasteiger partial charge in [0.25, 0.3) is 0 Å². The topological polar surface area (TPSA) is 77.8 Å². The Bertz CT molecular complexity index is 1210. The van der Waals surface area contributed by atoms with Crippen molar-refractivity contribution in [3.8, 4) is 5.75 Å². The minimum atomic E-state index is -0.979. The van der Waals surface area contributed by atoms with E-state index in [0.717, 1.165) is 27.8 Å². The first-order valence-electron chi connectivity index (χ1n) is 10.7. The van der Waals surface area contributed by atoms with Crippen LogP contribution < -0.4 is 4.74 Å². The maximum atomic E-state index is 13.9. The number of Topliss-reactive ketones (excluding diaryl/α,β-unsaturated/α-hetero) is 1. The van der Waals surface area contributed by atoms with Crippen molar-refractivity contribution < 1.29 is 24.2 Å². The standard InChI is InChI=1S/C26H29NO5/c1-25(2)14-26(3,15-31-4)23(28)22-21(25)19-12-17(24(29)30)8-11-20(19)27(22)13-16-6-9-18(32-5)10-7-16/h6-12H,13-15H2,1-5H3,(H,29,30). The van der Waals surface area contributed by atoms with Crippen molar-refractivity contribution in [2.45, 2.75) is 39.2 Å². The van der Waals surface area contributed by atoms with Crippen LogP contribution in [0.4, 0.5) is 0 Å². The molecule has 0 amide bonds. The average Bonchev–Trinajstić information content (AvgIpc) is 3.07. The number of aromatic carboxylic acids is 1. The molecule has 2 aromatic carbocycles. The van der Waals surface area contributed by atoms with Crippen LogP contribution >= 0.6 is 0 Å². The summed E-state index contributed by atoms with van der Waals surface area (Å²) in [7, 11) is 3.25. The van der Waals surface area contributed by atoms with E-state index in [4.69, 9.17) is 9.47 Å². The van der Waals surface area contributed by atoms with E-state index in [9.17, 15) is 14.7 Å². The van der Waals surface area contributed by atoms with Crippen LogP contribution in [-0.2, 0) is 16.7 Å². The second kappa shape index (κ2) is 7.78. The van der Waals surface area contributed by atoms with Gasteiger partial charge in [-0.25, -0.2) is 4.79 Å². The molecule has 4 rings (SSSR count). The molecule has 1 aliphatic carbocycles. The molecule has 0 bridgehead atoms. The van der Waals surface area contributed by atoms with Crippen molar-refractivity contribution in [2.75, 3.05) is 20.8 Å². The Morgan fingerprint density at radius 1 is 1.09 bits per heavy atom. The largest absolute Gasteiger partial charge is 0.497 e. The number of hydrogen-bond acceptors (Lipinski definition) is 4. The van der Waals surface area contributed by atoms with Gasteiger partial charge in [-0.3, -0.25) is 4.79 Å². The lowest BCUT2D eigenvalue weighted by Crippen LogP contribution is -2.45. The summed E-state index contributed by atoms with van der Waals surface area (Å²) in [5, 5.41) is 10.4. The molecular formula is C26H29NO5. The molecule has 0 saturated carbocycles. The number of carboxylic acid groups (broad SMARTS) is 1. The van der Waals surface area contributed by atoms with Crippen molar-refractivity contribution >= 4 is 22.7 Å². The van der Waals surface area contributed by atoms with E-state index >= 15 is 0 Å². The normalized spacial score (nSPS) is 19.7. The third-order valence-electron chi connectivity index (χ3n) is 6.55. The number of ketones is 1. The first-order chi connectivity index (χ1) is 15.1. The fourth-order valence-electron chi connectivity index (χ4n) is 5.35. The van der Waals surface area contributed by atoms with E-state index in [0.29, 0.717) is 25.3 Å². The average molecular weight is 436 g/mol. The molecule has 0 radical (unpaired) electrons. The Morgan fingerprint density at radius 2 is 1.78 bits per heavy atom. The number of benzene rings is 2. The highest BCUT2D eigenvalue weighted by Crippen LogP contribution is 2.49. The number of carbonyl (C=O) groups is 2. The van der Waals surface area contributed by atoms with Crippen LogP contribution in [0, 0.1) is 5.41 Å². The predicted molar refractivity (Wildman–Crippen MR) is 123 cm³/mol. The fourth-order valence-corrected chi connectivity index (χ4v) is 5.35. The van der Waals surface area contributed by atoms with Gasteiger partial charge in [0.1, 0.15) is 5.75 Å². The van der Waals surface area contributed by atoms with Crippen LogP contribution in [0.25, 0.3) is 10.9 Å². The van der Waals surface area contributed by atoms with E-state index in [-0.39, 0.29) is 16.8 Å². The monoisotopic (exact) mass is 435 g/mol. The van der Waals surface area contributed by atoms with Crippen LogP contribution in [-0.4, -0.2) is 42.3 Å². The highest BCUT2D eigenvalue weighted by molar-refractivity contribution is 6.09. The van der Waals surface area contributed by atoms with Gasteiger partial charge in [0.2, 0.25) is 0 Å². The second-order valence-electron chi connectivity index (χ2n) is 9.58. The molecule has 0 spiro atoms. The number of nitrogens with zero attached hydrogens (tertiary/aromatic N) is 1. The van der Waals surface area contributed by atoms with Crippen molar-refractivity contribution in [3.05, 3.63) is 64.8 Å². The molecule has 1 N–H and O–H groups in total. The van der Waals surface area contributed by atoms with Gasteiger partial charge in [0, 0.05) is 24.6 Å². The van der Waals surface area contributed by atoms with Crippen LogP contribution in [0.2, 0.25) is 0 Å². The third-order valence-corrected chi connectivity index (χ3v) is 6.55. The summed E-state index contributed by atoms with van der Waals surface area (Å²) in [4.78, 5) is 25.6. The summed E-state index contributed by atoms with van der Waals surface area (Å²) in [5.41, 5.74) is 2.67. The Kier molecular flexibility index (Phi) is 5.37. The summed E-state index contributed by atoms with van der Waals surface area (Å²) in [6.07, 6.45) is 0.624. The molecule has 1 atom stereocenters. The number of methoxy groups -OCH3 is 2. The molecule has 6 nitrogen and oxygen atoms in total. The molecule has 0 aliphatic heterocycles. The molecule has 1 aliphatic rings. The molecule has 1 aromatic heterocycles. The summed E-state index contributed by atoms with van der Waals surface area (Å²) in [6, 6.07) is 12.9. The van der Waals surface area contributed by atoms with E-state index in [1.54, 1.807) is 26.4 Å². The summed E-state index contributed by atoms with van der Waals surface area (Å²) < 4.78 is 12.8. The maximum absolute atomic E-state index is 13.9. The first-order valence-corrected chi connectivity index (χ1v) is 10.7. The van der Waals surface area contributed by atoms with E-state index < -0.39 is 11.4 Å². The highest BCUT2D eigenvalue weighted by atomic mass is 16.5. The zero-order chi connectivity index (χ0) is 23.3. The van der Waals surface area contributed by atoms with Gasteiger partial charge < -0.3 is 19.1 Å². The minimum Gasteiger partial charge on any atom is -0.497 e. The van der Waals surface area contributed by atoms with E-state index in [2.05, 4.69) is 13.8 Å². The van der Waals surface area contributed by atoms with E-state index in [1.807, 2.05) is 41.8 Å². The summed E-state index contributed by atoms with van der Waals surface area (Å²) in [5.74, 6) is -0.174. The number of rotatable bonds is 6. The lowest BCUT2D eigenvalue weighted by atomic mass is 9.62. The first kappa shape index (κ1) is 22.1. The molecule has 0 fully saturated rings. The van der Waals surface area contributed by atoms with Crippen molar-refractivity contribution in [1.29, 1.82) is 0 Å². The highest BCUT2D eigenvalue weighted by Gasteiger charge is 2.49. The Morgan fingerprint density at radius 3 is 2.38 bits per heavy atom. The minimum absolute atomic E-state index is 0.0373. The van der Waals surface area contributed by atoms with Gasteiger partial charge in [-0.2, -0.15) is 0 Å². The molecule has 0 saturated heterocycles. The van der Waals surface area contributed by atoms with E-state index in [1.165, 1.54) is 0 Å². The van der Waals surface area contributed by atoms with Gasteiger partial charge in [-0.05, 0) is 60.2 Å². The van der Waals surface area contributed by atoms with Crippen LogP contribution in [0.15, 0.2) is 42.5 Å². The Labute approximate surface area is 187 Å². The summed E-state index contributed by atoms with van der Waals surface area (Å²) >= 11 is 0.